The van der Waals surface area contributed by atoms with Gasteiger partial charge >= 0.3 is 0 Å². The lowest BCUT2D eigenvalue weighted by molar-refractivity contribution is 0.102. The first-order valence-electron chi connectivity index (χ1n) is 8.98. The fourth-order valence-corrected chi connectivity index (χ4v) is 3.89. The summed E-state index contributed by atoms with van der Waals surface area (Å²) >= 11 is 1.45. The molecular weight excluding hydrogens is 384 g/mol. The van der Waals surface area contributed by atoms with Crippen LogP contribution in [0.2, 0.25) is 0 Å². The first-order valence-corrected chi connectivity index (χ1v) is 9.80. The summed E-state index contributed by atoms with van der Waals surface area (Å²) in [5.74, 6) is 0.169. The molecule has 0 aliphatic rings. The topological polar surface area (TPSA) is 67.4 Å². The van der Waals surface area contributed by atoms with Gasteiger partial charge in [-0.3, -0.25) is 9.59 Å². The Morgan fingerprint density at radius 2 is 1.55 bits per heavy atom. The lowest BCUT2D eigenvalue weighted by atomic mass is 10.2. The largest absolute Gasteiger partial charge is 0.495 e. The molecule has 29 heavy (non-hydrogen) atoms. The highest BCUT2D eigenvalue weighted by atomic mass is 32.1. The van der Waals surface area contributed by atoms with Gasteiger partial charge < -0.3 is 15.4 Å². The van der Waals surface area contributed by atoms with E-state index >= 15 is 0 Å². The molecule has 5 nitrogen and oxygen atoms in total. The van der Waals surface area contributed by atoms with Crippen LogP contribution in [0.1, 0.15) is 20.0 Å². The zero-order chi connectivity index (χ0) is 20.2. The molecule has 0 atom stereocenters. The summed E-state index contributed by atoms with van der Waals surface area (Å²) in [4.78, 5) is 25.6. The van der Waals surface area contributed by atoms with Gasteiger partial charge in [-0.15, -0.1) is 11.3 Å². The number of methoxy groups -OCH3 is 1. The molecule has 0 aliphatic heterocycles. The Morgan fingerprint density at radius 3 is 2.31 bits per heavy atom. The van der Waals surface area contributed by atoms with E-state index in [9.17, 15) is 9.59 Å². The zero-order valence-electron chi connectivity index (χ0n) is 15.6. The molecule has 0 spiro atoms. The lowest BCUT2D eigenvalue weighted by Crippen LogP contribution is -2.13. The van der Waals surface area contributed by atoms with E-state index in [0.717, 1.165) is 10.1 Å². The third-order valence-corrected chi connectivity index (χ3v) is 5.52. The minimum atomic E-state index is -0.253. The van der Waals surface area contributed by atoms with Gasteiger partial charge in [-0.05, 0) is 53.9 Å². The maximum atomic E-state index is 12.5. The minimum absolute atomic E-state index is 0.169. The molecule has 3 aromatic carbocycles. The first kappa shape index (κ1) is 18.7. The van der Waals surface area contributed by atoms with Gasteiger partial charge in [0, 0.05) is 16.0 Å². The normalized spacial score (nSPS) is 10.5. The summed E-state index contributed by atoms with van der Waals surface area (Å²) in [6.45, 7) is 0. The second-order valence-electron chi connectivity index (χ2n) is 6.33. The maximum Gasteiger partial charge on any atom is 0.265 e. The molecule has 0 saturated heterocycles. The lowest BCUT2D eigenvalue weighted by Gasteiger charge is -2.10. The van der Waals surface area contributed by atoms with E-state index in [1.54, 1.807) is 43.5 Å². The molecule has 4 aromatic rings. The third kappa shape index (κ3) is 4.12. The van der Waals surface area contributed by atoms with Crippen molar-refractivity contribution in [3.63, 3.8) is 0 Å². The number of ether oxygens (including phenoxy) is 1. The molecule has 144 valence electrons. The molecular formula is C23H18N2O3S. The number of benzene rings is 3. The number of amides is 2. The Bertz CT molecular complexity index is 1150. The molecule has 6 heteroatoms. The number of hydrogen-bond donors (Lipinski definition) is 2. The van der Waals surface area contributed by atoms with Crippen molar-refractivity contribution >= 4 is 44.6 Å². The number of thiophene rings is 1. The van der Waals surface area contributed by atoms with Gasteiger partial charge in [0.1, 0.15) is 5.75 Å². The number of para-hydroxylation sites is 2. The molecule has 2 amide bonds. The highest BCUT2D eigenvalue weighted by Gasteiger charge is 2.12. The van der Waals surface area contributed by atoms with Crippen LogP contribution in [-0.2, 0) is 0 Å². The fraction of sp³-hybridized carbons (Fsp3) is 0.0435. The fourth-order valence-electron chi connectivity index (χ4n) is 2.93. The summed E-state index contributed by atoms with van der Waals surface area (Å²) in [6.07, 6.45) is 0. The van der Waals surface area contributed by atoms with Crippen molar-refractivity contribution in [1.29, 1.82) is 0 Å². The SMILES string of the molecule is COc1ccccc1NC(=O)c1ccc(NC(=O)c2cc3ccccc3s2)cc1. The van der Waals surface area contributed by atoms with E-state index in [1.165, 1.54) is 11.3 Å². The number of carbonyl (C=O) groups is 2. The molecule has 2 N–H and O–H groups in total. The van der Waals surface area contributed by atoms with Crippen LogP contribution in [0.5, 0.6) is 5.75 Å². The van der Waals surface area contributed by atoms with E-state index < -0.39 is 0 Å². The van der Waals surface area contributed by atoms with Crippen molar-refractivity contribution in [3.8, 4) is 5.75 Å². The van der Waals surface area contributed by atoms with Crippen LogP contribution in [0.15, 0.2) is 78.9 Å². The van der Waals surface area contributed by atoms with Gasteiger partial charge in [-0.25, -0.2) is 0 Å². The monoisotopic (exact) mass is 402 g/mol. The third-order valence-electron chi connectivity index (χ3n) is 4.41. The van der Waals surface area contributed by atoms with Crippen LogP contribution < -0.4 is 15.4 Å². The highest BCUT2D eigenvalue weighted by molar-refractivity contribution is 7.20. The summed E-state index contributed by atoms with van der Waals surface area (Å²) in [5, 5.41) is 6.75. The number of anilines is 2. The molecule has 0 bridgehead atoms. The number of fused-ring (bicyclic) bond motifs is 1. The maximum absolute atomic E-state index is 12.5. The van der Waals surface area contributed by atoms with Gasteiger partial charge in [-0.2, -0.15) is 0 Å². The number of rotatable bonds is 5. The molecule has 0 unspecified atom stereocenters. The van der Waals surface area contributed by atoms with Crippen molar-refractivity contribution in [3.05, 3.63) is 89.3 Å². The van der Waals surface area contributed by atoms with E-state index in [1.807, 2.05) is 42.5 Å². The van der Waals surface area contributed by atoms with Crippen LogP contribution in [0.25, 0.3) is 10.1 Å². The van der Waals surface area contributed by atoms with Crippen molar-refractivity contribution in [1.82, 2.24) is 0 Å². The first-order chi connectivity index (χ1) is 14.1. The second-order valence-corrected chi connectivity index (χ2v) is 7.42. The second kappa shape index (κ2) is 8.16. The van der Waals surface area contributed by atoms with Crippen molar-refractivity contribution in [2.45, 2.75) is 0 Å². The number of carbonyl (C=O) groups excluding carboxylic acids is 2. The minimum Gasteiger partial charge on any atom is -0.495 e. The Labute approximate surface area is 171 Å². The standard InChI is InChI=1S/C23H18N2O3S/c1-28-19-8-4-3-7-18(19)25-22(26)15-10-12-17(13-11-15)24-23(27)21-14-16-6-2-5-9-20(16)29-21/h2-14H,1H3,(H,24,27)(H,25,26). The average molecular weight is 402 g/mol. The molecule has 4 rings (SSSR count). The van der Waals surface area contributed by atoms with Gasteiger partial charge in [0.15, 0.2) is 0 Å². The van der Waals surface area contributed by atoms with Crippen molar-refractivity contribution in [2.75, 3.05) is 17.7 Å². The summed E-state index contributed by atoms with van der Waals surface area (Å²) < 4.78 is 6.32. The quantitative estimate of drug-likeness (QED) is 0.469. The van der Waals surface area contributed by atoms with Gasteiger partial charge in [0.2, 0.25) is 0 Å². The van der Waals surface area contributed by atoms with Crippen LogP contribution in [0, 0.1) is 0 Å². The molecule has 1 heterocycles. The molecule has 1 aromatic heterocycles. The Morgan fingerprint density at radius 1 is 0.828 bits per heavy atom. The predicted molar refractivity (Wildman–Crippen MR) is 117 cm³/mol. The van der Waals surface area contributed by atoms with Crippen LogP contribution >= 0.6 is 11.3 Å². The van der Waals surface area contributed by atoms with Gasteiger partial charge in [-0.1, -0.05) is 30.3 Å². The summed E-state index contributed by atoms with van der Waals surface area (Å²) in [5.41, 5.74) is 1.71. The Balaban J connectivity index is 1.44. The Kier molecular flexibility index (Phi) is 5.27. The predicted octanol–water partition coefficient (Wildman–Crippen LogP) is 5.41. The zero-order valence-corrected chi connectivity index (χ0v) is 16.5. The van der Waals surface area contributed by atoms with E-state index in [0.29, 0.717) is 27.6 Å². The van der Waals surface area contributed by atoms with E-state index in [2.05, 4.69) is 10.6 Å². The number of hydrogen-bond acceptors (Lipinski definition) is 4. The van der Waals surface area contributed by atoms with Crippen LogP contribution in [-0.4, -0.2) is 18.9 Å². The van der Waals surface area contributed by atoms with Crippen LogP contribution in [0.3, 0.4) is 0 Å². The summed E-state index contributed by atoms with van der Waals surface area (Å²) in [6, 6.07) is 23.7. The van der Waals surface area contributed by atoms with Crippen molar-refractivity contribution < 1.29 is 14.3 Å². The van der Waals surface area contributed by atoms with Crippen molar-refractivity contribution in [2.24, 2.45) is 0 Å². The Hall–Kier alpha value is -3.64. The molecule has 0 radical (unpaired) electrons. The average Bonchev–Trinajstić information content (AvgIpc) is 3.19. The number of nitrogens with one attached hydrogen (secondary N) is 2. The highest BCUT2D eigenvalue weighted by Crippen LogP contribution is 2.26. The van der Waals surface area contributed by atoms with E-state index in [-0.39, 0.29) is 11.8 Å². The molecule has 0 aliphatic carbocycles. The smallest absolute Gasteiger partial charge is 0.265 e. The van der Waals surface area contributed by atoms with Gasteiger partial charge in [0.25, 0.3) is 11.8 Å². The van der Waals surface area contributed by atoms with E-state index in [4.69, 9.17) is 4.74 Å². The summed E-state index contributed by atoms with van der Waals surface area (Å²) in [7, 11) is 1.55. The molecule has 0 saturated carbocycles. The van der Waals surface area contributed by atoms with Crippen LogP contribution in [0.4, 0.5) is 11.4 Å². The van der Waals surface area contributed by atoms with Gasteiger partial charge in [0.05, 0.1) is 17.7 Å². The molecule has 0 fully saturated rings.